The average Bonchev–Trinajstić information content (AvgIpc) is 3.31. The fourth-order valence-corrected chi connectivity index (χ4v) is 4.98. The third kappa shape index (κ3) is 6.28. The second-order valence-electron chi connectivity index (χ2n) is 10.6. The number of esters is 1. The Bertz CT molecular complexity index is 1410. The van der Waals surface area contributed by atoms with Crippen molar-refractivity contribution in [1.82, 2.24) is 9.55 Å². The lowest BCUT2D eigenvalue weighted by Crippen LogP contribution is -2.44. The second-order valence-corrected chi connectivity index (χ2v) is 10.6. The Morgan fingerprint density at radius 2 is 1.54 bits per heavy atom. The van der Waals surface area contributed by atoms with Gasteiger partial charge >= 0.3 is 5.97 Å². The van der Waals surface area contributed by atoms with Gasteiger partial charge in [0.1, 0.15) is 11.6 Å². The first-order chi connectivity index (χ1) is 19.2. The lowest BCUT2D eigenvalue weighted by atomic mass is 10.0. The molecule has 1 aliphatic rings. The Hall–Kier alpha value is -3.38. The van der Waals surface area contributed by atoms with E-state index in [1.54, 1.807) is 18.4 Å². The molecule has 222 valence electrons. The molecule has 0 spiro atoms. The van der Waals surface area contributed by atoms with Crippen LogP contribution < -0.4 is 4.74 Å². The minimum Gasteiger partial charge on any atom is -0.415 e. The van der Waals surface area contributed by atoms with E-state index in [9.17, 15) is 31.1 Å². The smallest absolute Gasteiger partial charge is 0.364 e. The maximum atomic E-state index is 14.3. The van der Waals surface area contributed by atoms with Crippen LogP contribution in [0.3, 0.4) is 0 Å². The molecule has 2 heterocycles. The third-order valence-corrected chi connectivity index (χ3v) is 6.77. The Morgan fingerprint density at radius 1 is 0.976 bits per heavy atom. The van der Waals surface area contributed by atoms with Crippen LogP contribution in [0, 0.1) is 34.9 Å². The van der Waals surface area contributed by atoms with Gasteiger partial charge in [-0.1, -0.05) is 20.8 Å². The summed E-state index contributed by atoms with van der Waals surface area (Å²) in [6.45, 7) is 9.37. The Labute approximate surface area is 233 Å². The SMILES string of the molecule is CC[C@H]1C[C@@H](CCn2c(-c3ccc(F)cc3)nc(C(=O)Oc3c(F)c(F)c(F)c(F)c3F)c2C(C)C)OC(C)(C)O1. The zero-order chi connectivity index (χ0) is 30.2. The Balaban J connectivity index is 1.76. The van der Waals surface area contributed by atoms with Crippen molar-refractivity contribution in [3.05, 3.63) is 70.6 Å². The third-order valence-electron chi connectivity index (χ3n) is 6.77. The summed E-state index contributed by atoms with van der Waals surface area (Å²) in [4.78, 5) is 17.6. The average molecular weight is 585 g/mol. The molecule has 1 fully saturated rings. The van der Waals surface area contributed by atoms with Crippen LogP contribution >= 0.6 is 0 Å². The number of rotatable bonds is 8. The molecule has 0 saturated carbocycles. The Morgan fingerprint density at radius 3 is 2.10 bits per heavy atom. The molecule has 6 nitrogen and oxygen atoms in total. The number of ether oxygens (including phenoxy) is 3. The monoisotopic (exact) mass is 584 g/mol. The van der Waals surface area contributed by atoms with Crippen molar-refractivity contribution in [2.24, 2.45) is 0 Å². The summed E-state index contributed by atoms with van der Waals surface area (Å²) in [6, 6.07) is 5.29. The highest BCUT2D eigenvalue weighted by Gasteiger charge is 2.36. The molecule has 4 rings (SSSR count). The number of hydrogen-bond donors (Lipinski definition) is 0. The van der Waals surface area contributed by atoms with Crippen LogP contribution in [0.2, 0.25) is 0 Å². The van der Waals surface area contributed by atoms with Gasteiger partial charge in [0.05, 0.1) is 17.9 Å². The van der Waals surface area contributed by atoms with Crippen molar-refractivity contribution < 1.29 is 45.3 Å². The van der Waals surface area contributed by atoms with E-state index in [1.165, 1.54) is 24.3 Å². The first-order valence-electron chi connectivity index (χ1n) is 13.2. The maximum absolute atomic E-state index is 14.3. The van der Waals surface area contributed by atoms with Crippen LogP contribution in [0.5, 0.6) is 5.75 Å². The molecule has 0 aliphatic carbocycles. The van der Waals surface area contributed by atoms with Crippen molar-refractivity contribution in [2.45, 2.75) is 84.3 Å². The number of aromatic nitrogens is 2. The van der Waals surface area contributed by atoms with Gasteiger partial charge in [-0.3, -0.25) is 0 Å². The molecule has 0 N–H and O–H groups in total. The number of carbonyl (C=O) groups excluding carboxylic acids is 1. The van der Waals surface area contributed by atoms with E-state index in [2.05, 4.69) is 4.98 Å². The first-order valence-corrected chi connectivity index (χ1v) is 13.2. The topological polar surface area (TPSA) is 62.6 Å². The van der Waals surface area contributed by atoms with E-state index in [4.69, 9.17) is 14.2 Å². The summed E-state index contributed by atoms with van der Waals surface area (Å²) >= 11 is 0. The molecule has 0 bridgehead atoms. The van der Waals surface area contributed by atoms with Gasteiger partial charge in [0.2, 0.25) is 34.8 Å². The summed E-state index contributed by atoms with van der Waals surface area (Å²) < 4.78 is 102. The highest BCUT2D eigenvalue weighted by Crippen LogP contribution is 2.34. The van der Waals surface area contributed by atoms with Crippen molar-refractivity contribution in [2.75, 3.05) is 0 Å². The normalized spacial score (nSPS) is 18.6. The summed E-state index contributed by atoms with van der Waals surface area (Å²) in [5.74, 6) is -16.1. The number of nitrogens with zero attached hydrogens (tertiary/aromatic N) is 2. The number of halogens is 6. The minimum absolute atomic E-state index is 0.0282. The summed E-state index contributed by atoms with van der Waals surface area (Å²) in [6.07, 6.45) is 1.60. The maximum Gasteiger partial charge on any atom is 0.364 e. The van der Waals surface area contributed by atoms with Crippen LogP contribution in [0.15, 0.2) is 24.3 Å². The second kappa shape index (κ2) is 11.8. The quantitative estimate of drug-likeness (QED) is 0.0906. The van der Waals surface area contributed by atoms with Crippen molar-refractivity contribution in [3.63, 3.8) is 0 Å². The van der Waals surface area contributed by atoms with E-state index < -0.39 is 58.3 Å². The van der Waals surface area contributed by atoms with Crippen molar-refractivity contribution in [1.29, 1.82) is 0 Å². The number of imidazole rings is 1. The molecule has 0 radical (unpaired) electrons. The van der Waals surface area contributed by atoms with E-state index in [0.717, 1.165) is 6.42 Å². The van der Waals surface area contributed by atoms with Crippen LogP contribution in [0.4, 0.5) is 26.3 Å². The molecule has 1 saturated heterocycles. The van der Waals surface area contributed by atoms with Gasteiger partial charge in [-0.15, -0.1) is 0 Å². The number of hydrogen-bond acceptors (Lipinski definition) is 5. The minimum atomic E-state index is -2.38. The zero-order valence-electron chi connectivity index (χ0n) is 23.2. The highest BCUT2D eigenvalue weighted by molar-refractivity contribution is 5.91. The fourth-order valence-electron chi connectivity index (χ4n) is 4.98. The zero-order valence-corrected chi connectivity index (χ0v) is 23.2. The number of carbonyl (C=O) groups is 1. The molecule has 41 heavy (non-hydrogen) atoms. The molecule has 0 unspecified atom stereocenters. The van der Waals surface area contributed by atoms with Crippen molar-refractivity contribution in [3.8, 4) is 17.1 Å². The summed E-state index contributed by atoms with van der Waals surface area (Å²) in [5.41, 5.74) is 0.322. The first kappa shape index (κ1) is 30.6. The molecule has 1 aliphatic heterocycles. The van der Waals surface area contributed by atoms with E-state index in [-0.39, 0.29) is 36.0 Å². The van der Waals surface area contributed by atoms with E-state index in [1.807, 2.05) is 20.8 Å². The van der Waals surface area contributed by atoms with Crippen LogP contribution in [0.25, 0.3) is 11.4 Å². The van der Waals surface area contributed by atoms with Gasteiger partial charge in [-0.05, 0) is 56.9 Å². The van der Waals surface area contributed by atoms with Gasteiger partial charge in [-0.25, -0.2) is 27.3 Å². The van der Waals surface area contributed by atoms with E-state index >= 15 is 0 Å². The van der Waals surface area contributed by atoms with Gasteiger partial charge in [0.15, 0.2) is 11.5 Å². The number of benzene rings is 2. The molecule has 0 amide bonds. The van der Waals surface area contributed by atoms with Gasteiger partial charge in [0.25, 0.3) is 0 Å². The summed E-state index contributed by atoms with van der Waals surface area (Å²) in [7, 11) is 0. The lowest BCUT2D eigenvalue weighted by molar-refractivity contribution is -0.300. The predicted molar refractivity (Wildman–Crippen MR) is 136 cm³/mol. The molecule has 1 aromatic heterocycles. The standard InChI is InChI=1S/C29H30F6N2O4/c1-6-17-13-18(41-29(4,5)40-17)11-12-37-25(14(2)3)24(36-27(37)15-7-9-16(30)10-8-15)28(38)39-26-22(34)20(32)19(31)21(33)23(26)35/h7-10,14,17-18H,6,11-13H2,1-5H3/t17-,18+/m0/s1. The van der Waals surface area contributed by atoms with Crippen LogP contribution in [-0.4, -0.2) is 33.5 Å². The van der Waals surface area contributed by atoms with E-state index in [0.29, 0.717) is 18.4 Å². The molecule has 3 aromatic rings. The Kier molecular flexibility index (Phi) is 8.84. The van der Waals surface area contributed by atoms with Gasteiger partial charge in [-0.2, -0.15) is 8.78 Å². The molecule has 12 heteroatoms. The molecule has 2 atom stereocenters. The largest absolute Gasteiger partial charge is 0.415 e. The lowest BCUT2D eigenvalue weighted by Gasteiger charge is -2.40. The molecular formula is C29H30F6N2O4. The van der Waals surface area contributed by atoms with Gasteiger partial charge in [0, 0.05) is 18.5 Å². The fraction of sp³-hybridized carbons (Fsp3) is 0.448. The van der Waals surface area contributed by atoms with Gasteiger partial charge < -0.3 is 18.8 Å². The highest BCUT2D eigenvalue weighted by atomic mass is 19.2. The summed E-state index contributed by atoms with van der Waals surface area (Å²) in [5, 5.41) is 0. The molecule has 2 aromatic carbocycles. The van der Waals surface area contributed by atoms with Crippen molar-refractivity contribution >= 4 is 5.97 Å². The molecular weight excluding hydrogens is 554 g/mol. The van der Waals surface area contributed by atoms with Crippen LogP contribution in [-0.2, 0) is 16.0 Å². The predicted octanol–water partition coefficient (Wildman–Crippen LogP) is 7.44. The van der Waals surface area contributed by atoms with Crippen LogP contribution in [0.1, 0.15) is 76.0 Å².